The fourth-order valence-corrected chi connectivity index (χ4v) is 2.36. The first-order valence-electron chi connectivity index (χ1n) is 5.97. The van der Waals surface area contributed by atoms with Gasteiger partial charge in [-0.15, -0.1) is 17.9 Å². The van der Waals surface area contributed by atoms with E-state index >= 15 is 0 Å². The molecular formula is C13H21N3OS. The monoisotopic (exact) mass is 267 g/mol. The number of aromatic nitrogens is 1. The molecule has 0 atom stereocenters. The lowest BCUT2D eigenvalue weighted by atomic mass is 10.1. The fourth-order valence-electron chi connectivity index (χ4n) is 1.58. The number of hydrogen-bond donors (Lipinski definition) is 1. The molecule has 0 aliphatic carbocycles. The van der Waals surface area contributed by atoms with Crippen molar-refractivity contribution in [2.75, 3.05) is 13.1 Å². The summed E-state index contributed by atoms with van der Waals surface area (Å²) in [5.41, 5.74) is 5.73. The van der Waals surface area contributed by atoms with Gasteiger partial charge in [0, 0.05) is 23.9 Å². The van der Waals surface area contributed by atoms with E-state index < -0.39 is 0 Å². The highest BCUT2D eigenvalue weighted by Crippen LogP contribution is 2.19. The molecule has 0 aromatic carbocycles. The molecule has 5 heteroatoms. The van der Waals surface area contributed by atoms with E-state index in [0.717, 1.165) is 11.4 Å². The van der Waals surface area contributed by atoms with Gasteiger partial charge in [0.05, 0.1) is 5.01 Å². The molecule has 0 spiro atoms. The SMILES string of the molecule is C=CCN(C(=O)c1csc(CCN)n1)C(C)(C)C. The van der Waals surface area contributed by atoms with Crippen LogP contribution in [0.4, 0.5) is 0 Å². The lowest BCUT2D eigenvalue weighted by Gasteiger charge is -2.34. The Morgan fingerprint density at radius 1 is 1.61 bits per heavy atom. The van der Waals surface area contributed by atoms with E-state index in [9.17, 15) is 4.79 Å². The van der Waals surface area contributed by atoms with Gasteiger partial charge in [0.1, 0.15) is 5.69 Å². The molecular weight excluding hydrogens is 246 g/mol. The first-order chi connectivity index (χ1) is 8.40. The van der Waals surface area contributed by atoms with Crippen molar-refractivity contribution in [3.63, 3.8) is 0 Å². The zero-order chi connectivity index (χ0) is 13.8. The van der Waals surface area contributed by atoms with Gasteiger partial charge in [-0.1, -0.05) is 6.08 Å². The van der Waals surface area contributed by atoms with Crippen LogP contribution in [0, 0.1) is 0 Å². The van der Waals surface area contributed by atoms with Crippen molar-refractivity contribution in [1.82, 2.24) is 9.88 Å². The number of carbonyl (C=O) groups excluding carboxylic acids is 1. The van der Waals surface area contributed by atoms with Crippen molar-refractivity contribution in [3.8, 4) is 0 Å². The lowest BCUT2D eigenvalue weighted by Crippen LogP contribution is -2.45. The summed E-state index contributed by atoms with van der Waals surface area (Å²) in [5.74, 6) is -0.0538. The van der Waals surface area contributed by atoms with Crippen molar-refractivity contribution in [2.45, 2.75) is 32.7 Å². The summed E-state index contributed by atoms with van der Waals surface area (Å²) in [6, 6.07) is 0. The van der Waals surface area contributed by atoms with Crippen molar-refractivity contribution < 1.29 is 4.79 Å². The van der Waals surface area contributed by atoms with Crippen molar-refractivity contribution in [2.24, 2.45) is 5.73 Å². The summed E-state index contributed by atoms with van der Waals surface area (Å²) < 4.78 is 0. The molecule has 1 aromatic heterocycles. The molecule has 0 fully saturated rings. The van der Waals surface area contributed by atoms with Gasteiger partial charge in [-0.05, 0) is 27.3 Å². The molecule has 1 rings (SSSR count). The van der Waals surface area contributed by atoms with Crippen LogP contribution in [0.15, 0.2) is 18.0 Å². The summed E-state index contributed by atoms with van der Waals surface area (Å²) in [5, 5.41) is 2.71. The Hall–Kier alpha value is -1.20. The maximum atomic E-state index is 12.4. The van der Waals surface area contributed by atoms with Gasteiger partial charge >= 0.3 is 0 Å². The lowest BCUT2D eigenvalue weighted by molar-refractivity contribution is 0.0611. The van der Waals surface area contributed by atoms with Gasteiger partial charge in [0.2, 0.25) is 0 Å². The molecule has 0 aliphatic heterocycles. The van der Waals surface area contributed by atoms with Crippen LogP contribution in [0.3, 0.4) is 0 Å². The fraction of sp³-hybridized carbons (Fsp3) is 0.538. The maximum Gasteiger partial charge on any atom is 0.274 e. The predicted molar refractivity (Wildman–Crippen MR) is 75.9 cm³/mol. The highest BCUT2D eigenvalue weighted by atomic mass is 32.1. The molecule has 0 saturated carbocycles. The van der Waals surface area contributed by atoms with E-state index in [2.05, 4.69) is 11.6 Å². The van der Waals surface area contributed by atoms with E-state index in [1.54, 1.807) is 16.4 Å². The first-order valence-corrected chi connectivity index (χ1v) is 6.85. The molecule has 0 unspecified atom stereocenters. The summed E-state index contributed by atoms with van der Waals surface area (Å²) >= 11 is 1.48. The minimum Gasteiger partial charge on any atom is -0.330 e. The second-order valence-corrected chi connectivity index (χ2v) is 5.98. The molecule has 4 nitrogen and oxygen atoms in total. The van der Waals surface area contributed by atoms with Gasteiger partial charge in [-0.3, -0.25) is 4.79 Å². The van der Waals surface area contributed by atoms with Crippen molar-refractivity contribution in [3.05, 3.63) is 28.7 Å². The third kappa shape index (κ3) is 3.65. The number of amides is 1. The van der Waals surface area contributed by atoms with Crippen LogP contribution in [0.25, 0.3) is 0 Å². The summed E-state index contributed by atoms with van der Waals surface area (Å²) in [4.78, 5) is 18.5. The van der Waals surface area contributed by atoms with E-state index in [-0.39, 0.29) is 11.4 Å². The largest absolute Gasteiger partial charge is 0.330 e. The predicted octanol–water partition coefficient (Wildman–Crippen LogP) is 2.07. The molecule has 0 saturated heterocycles. The number of thiazole rings is 1. The molecule has 100 valence electrons. The Kier molecular flexibility index (Phi) is 5.04. The molecule has 0 radical (unpaired) electrons. The molecule has 1 amide bonds. The highest BCUT2D eigenvalue weighted by Gasteiger charge is 2.27. The average molecular weight is 267 g/mol. The van der Waals surface area contributed by atoms with Crippen LogP contribution < -0.4 is 5.73 Å². The highest BCUT2D eigenvalue weighted by molar-refractivity contribution is 7.09. The Balaban J connectivity index is 2.91. The minimum absolute atomic E-state index is 0.0538. The van der Waals surface area contributed by atoms with Gasteiger partial charge in [0.25, 0.3) is 5.91 Å². The minimum atomic E-state index is -0.247. The first kappa shape index (κ1) is 14.9. The smallest absolute Gasteiger partial charge is 0.274 e. The Labute approximate surface area is 113 Å². The third-order valence-corrected chi connectivity index (χ3v) is 3.40. The normalized spacial score (nSPS) is 11.3. The summed E-state index contributed by atoms with van der Waals surface area (Å²) in [6.45, 7) is 10.8. The number of nitrogens with zero attached hydrogens (tertiary/aromatic N) is 2. The molecule has 2 N–H and O–H groups in total. The topological polar surface area (TPSA) is 59.2 Å². The molecule has 0 aliphatic rings. The number of nitrogens with two attached hydrogens (primary N) is 1. The van der Waals surface area contributed by atoms with Crippen molar-refractivity contribution >= 4 is 17.2 Å². The van der Waals surface area contributed by atoms with Crippen LogP contribution in [-0.2, 0) is 6.42 Å². The quantitative estimate of drug-likeness (QED) is 0.831. The summed E-state index contributed by atoms with van der Waals surface area (Å²) in [6.07, 6.45) is 2.45. The molecule has 1 aromatic rings. The number of carbonyl (C=O) groups is 1. The van der Waals surface area contributed by atoms with Crippen LogP contribution in [0.5, 0.6) is 0 Å². The van der Waals surface area contributed by atoms with E-state index in [1.165, 1.54) is 11.3 Å². The average Bonchev–Trinajstić information content (AvgIpc) is 2.72. The van der Waals surface area contributed by atoms with Crippen molar-refractivity contribution in [1.29, 1.82) is 0 Å². The van der Waals surface area contributed by atoms with Gasteiger partial charge in [-0.2, -0.15) is 0 Å². The van der Waals surface area contributed by atoms with Gasteiger partial charge in [0.15, 0.2) is 0 Å². The van der Waals surface area contributed by atoms with Crippen LogP contribution in [0.2, 0.25) is 0 Å². The van der Waals surface area contributed by atoms with Crippen LogP contribution in [-0.4, -0.2) is 34.4 Å². The molecule has 1 heterocycles. The third-order valence-electron chi connectivity index (χ3n) is 2.50. The second kappa shape index (κ2) is 6.11. The molecule has 0 bridgehead atoms. The van der Waals surface area contributed by atoms with Gasteiger partial charge < -0.3 is 10.6 Å². The van der Waals surface area contributed by atoms with E-state index in [4.69, 9.17) is 5.73 Å². The summed E-state index contributed by atoms with van der Waals surface area (Å²) in [7, 11) is 0. The molecule has 18 heavy (non-hydrogen) atoms. The van der Waals surface area contributed by atoms with E-state index in [1.807, 2.05) is 20.8 Å². The van der Waals surface area contributed by atoms with E-state index in [0.29, 0.717) is 18.8 Å². The number of hydrogen-bond acceptors (Lipinski definition) is 4. The Bertz CT molecular complexity index is 420. The Morgan fingerprint density at radius 3 is 2.78 bits per heavy atom. The maximum absolute atomic E-state index is 12.4. The van der Waals surface area contributed by atoms with Crippen LogP contribution >= 0.6 is 11.3 Å². The Morgan fingerprint density at radius 2 is 2.28 bits per heavy atom. The number of rotatable bonds is 5. The van der Waals surface area contributed by atoms with Crippen LogP contribution in [0.1, 0.15) is 36.3 Å². The second-order valence-electron chi connectivity index (χ2n) is 5.04. The standard InChI is InChI=1S/C13H21N3OS/c1-5-8-16(13(2,3)4)12(17)10-9-18-11(15-10)6-7-14/h5,9H,1,6-8,14H2,2-4H3. The zero-order valence-electron chi connectivity index (χ0n) is 11.3. The zero-order valence-corrected chi connectivity index (χ0v) is 12.1. The van der Waals surface area contributed by atoms with Gasteiger partial charge in [-0.25, -0.2) is 4.98 Å².